The van der Waals surface area contributed by atoms with E-state index < -0.39 is 5.97 Å². The van der Waals surface area contributed by atoms with Gasteiger partial charge in [-0.2, -0.15) is 0 Å². The van der Waals surface area contributed by atoms with Crippen LogP contribution in [0.4, 0.5) is 0 Å². The molecule has 0 spiro atoms. The lowest BCUT2D eigenvalue weighted by Crippen LogP contribution is -2.12. The van der Waals surface area contributed by atoms with Crippen molar-refractivity contribution in [2.75, 3.05) is 6.61 Å². The zero-order valence-corrected chi connectivity index (χ0v) is 28.5. The van der Waals surface area contributed by atoms with E-state index in [-0.39, 0.29) is 12.1 Å². The van der Waals surface area contributed by atoms with Crippen LogP contribution < -0.4 is 9.47 Å². The third kappa shape index (κ3) is 19.1. The lowest BCUT2D eigenvalue weighted by molar-refractivity contribution is -0.142. The second-order valence-electron chi connectivity index (χ2n) is 12.4. The largest absolute Gasteiger partial charge is 0.494 e. The fraction of sp³-hybridized carbons (Fsp3) is 0.600. The first kappa shape index (κ1) is 38.1. The Morgan fingerprint density at radius 3 is 1.67 bits per heavy atom. The van der Waals surface area contributed by atoms with Crippen LogP contribution in [-0.2, 0) is 9.53 Å². The Morgan fingerprint density at radius 1 is 0.622 bits per heavy atom. The van der Waals surface area contributed by atoms with Crippen molar-refractivity contribution in [1.29, 1.82) is 0 Å². The Bertz CT molecular complexity index is 1060. The Balaban J connectivity index is 1.56. The molecule has 0 aliphatic rings. The predicted octanol–water partition coefficient (Wildman–Crippen LogP) is 11.7. The lowest BCUT2D eigenvalue weighted by Gasteiger charge is -2.11. The molecule has 0 radical (unpaired) electrons. The predicted molar refractivity (Wildman–Crippen MR) is 187 cm³/mol. The fourth-order valence-electron chi connectivity index (χ4n) is 5.31. The van der Waals surface area contributed by atoms with Crippen LogP contribution in [0.25, 0.3) is 6.08 Å². The van der Waals surface area contributed by atoms with E-state index in [1.807, 2.05) is 19.1 Å². The van der Waals surface area contributed by atoms with Gasteiger partial charge in [-0.25, -0.2) is 9.59 Å². The molecular formula is C40H60O5. The molecule has 1 atom stereocenters. The summed E-state index contributed by atoms with van der Waals surface area (Å²) >= 11 is 0. The van der Waals surface area contributed by atoms with Crippen LogP contribution in [0.2, 0.25) is 0 Å². The summed E-state index contributed by atoms with van der Waals surface area (Å²) in [5, 5.41) is 0. The van der Waals surface area contributed by atoms with Gasteiger partial charge in [-0.15, -0.1) is 0 Å². The summed E-state index contributed by atoms with van der Waals surface area (Å²) < 4.78 is 16.8. The molecule has 0 aliphatic carbocycles. The molecule has 0 heterocycles. The van der Waals surface area contributed by atoms with Crippen molar-refractivity contribution in [3.63, 3.8) is 0 Å². The molecule has 5 nitrogen and oxygen atoms in total. The van der Waals surface area contributed by atoms with Crippen molar-refractivity contribution in [2.45, 2.75) is 149 Å². The van der Waals surface area contributed by atoms with Gasteiger partial charge in [0.1, 0.15) is 11.5 Å². The molecule has 2 aromatic carbocycles. The maximum atomic E-state index is 12.6. The summed E-state index contributed by atoms with van der Waals surface area (Å²) in [5.41, 5.74) is 1.29. The average molecular weight is 621 g/mol. The Labute approximate surface area is 274 Å². The Morgan fingerprint density at radius 2 is 1.11 bits per heavy atom. The molecule has 2 rings (SSSR count). The maximum Gasteiger partial charge on any atom is 0.343 e. The zero-order chi connectivity index (χ0) is 32.4. The summed E-state index contributed by atoms with van der Waals surface area (Å²) in [6, 6.07) is 14.1. The lowest BCUT2D eigenvalue weighted by atomic mass is 10.0. The third-order valence-electron chi connectivity index (χ3n) is 8.14. The standard InChI is InChI=1S/C40H60O5/c1-4-6-8-10-11-12-13-14-15-16-17-18-19-21-33-43-37-30-26-36(27-31-37)40(42)45-38-28-23-35(24-29-38)25-32-39(41)44-34(3)22-20-9-7-5-2/h23-32,34H,4-22,33H2,1-3H3/t34-/m1/s1. The molecule has 0 unspecified atom stereocenters. The summed E-state index contributed by atoms with van der Waals surface area (Å²) in [7, 11) is 0. The highest BCUT2D eigenvalue weighted by Gasteiger charge is 2.10. The van der Waals surface area contributed by atoms with Crippen molar-refractivity contribution in [3.8, 4) is 11.5 Å². The van der Waals surface area contributed by atoms with Gasteiger partial charge in [-0.1, -0.05) is 129 Å². The first-order valence-electron chi connectivity index (χ1n) is 18.0. The summed E-state index contributed by atoms with van der Waals surface area (Å²) in [5.74, 6) is 0.439. The highest BCUT2D eigenvalue weighted by atomic mass is 16.5. The van der Waals surface area contributed by atoms with Crippen LogP contribution in [0.5, 0.6) is 11.5 Å². The van der Waals surface area contributed by atoms with E-state index in [0.717, 1.165) is 30.6 Å². The van der Waals surface area contributed by atoms with E-state index in [0.29, 0.717) is 17.9 Å². The molecule has 0 saturated carbocycles. The third-order valence-corrected chi connectivity index (χ3v) is 8.14. The minimum absolute atomic E-state index is 0.0876. The van der Waals surface area contributed by atoms with Gasteiger partial charge in [0, 0.05) is 6.08 Å². The van der Waals surface area contributed by atoms with E-state index in [1.165, 1.54) is 109 Å². The average Bonchev–Trinajstić information content (AvgIpc) is 3.05. The normalized spacial score (nSPS) is 11.9. The smallest absolute Gasteiger partial charge is 0.343 e. The number of carbonyl (C=O) groups is 2. The molecule has 0 N–H and O–H groups in total. The van der Waals surface area contributed by atoms with Crippen LogP contribution in [-0.4, -0.2) is 24.6 Å². The molecule has 45 heavy (non-hydrogen) atoms. The van der Waals surface area contributed by atoms with Crippen molar-refractivity contribution >= 4 is 18.0 Å². The van der Waals surface area contributed by atoms with E-state index in [1.54, 1.807) is 42.5 Å². The van der Waals surface area contributed by atoms with Gasteiger partial charge in [-0.3, -0.25) is 0 Å². The van der Waals surface area contributed by atoms with Crippen LogP contribution in [0.1, 0.15) is 159 Å². The molecule has 250 valence electrons. The van der Waals surface area contributed by atoms with Gasteiger partial charge in [0.2, 0.25) is 0 Å². The quantitative estimate of drug-likeness (QED) is 0.0453. The second kappa shape index (κ2) is 25.2. The molecule has 0 amide bonds. The van der Waals surface area contributed by atoms with Gasteiger partial charge in [0.15, 0.2) is 0 Å². The number of rotatable bonds is 26. The van der Waals surface area contributed by atoms with Crippen molar-refractivity contribution in [2.24, 2.45) is 0 Å². The van der Waals surface area contributed by atoms with Crippen LogP contribution >= 0.6 is 0 Å². The first-order chi connectivity index (χ1) is 22.0. The number of carbonyl (C=O) groups excluding carboxylic acids is 2. The zero-order valence-electron chi connectivity index (χ0n) is 28.5. The van der Waals surface area contributed by atoms with Crippen LogP contribution in [0, 0.1) is 0 Å². The van der Waals surface area contributed by atoms with Crippen LogP contribution in [0.15, 0.2) is 54.6 Å². The van der Waals surface area contributed by atoms with E-state index in [4.69, 9.17) is 14.2 Å². The first-order valence-corrected chi connectivity index (χ1v) is 18.0. The number of benzene rings is 2. The van der Waals surface area contributed by atoms with Crippen molar-refractivity contribution < 1.29 is 23.8 Å². The number of hydrogen-bond acceptors (Lipinski definition) is 5. The van der Waals surface area contributed by atoms with Crippen LogP contribution in [0.3, 0.4) is 0 Å². The molecule has 0 aliphatic heterocycles. The monoisotopic (exact) mass is 620 g/mol. The highest BCUT2D eigenvalue weighted by Crippen LogP contribution is 2.19. The van der Waals surface area contributed by atoms with E-state index in [2.05, 4.69) is 13.8 Å². The van der Waals surface area contributed by atoms with Crippen molar-refractivity contribution in [1.82, 2.24) is 0 Å². The molecule has 0 fully saturated rings. The minimum Gasteiger partial charge on any atom is -0.494 e. The second-order valence-corrected chi connectivity index (χ2v) is 12.4. The molecule has 0 aromatic heterocycles. The molecule has 0 saturated heterocycles. The minimum atomic E-state index is -0.423. The summed E-state index contributed by atoms with van der Waals surface area (Å²) in [6.45, 7) is 7.08. The van der Waals surface area contributed by atoms with Gasteiger partial charge in [-0.05, 0) is 74.2 Å². The highest BCUT2D eigenvalue weighted by molar-refractivity contribution is 5.91. The topological polar surface area (TPSA) is 61.8 Å². The van der Waals surface area contributed by atoms with Gasteiger partial charge < -0.3 is 14.2 Å². The molecular weight excluding hydrogens is 560 g/mol. The SMILES string of the molecule is CCCCCCCCCCCCCCCCOc1ccc(C(=O)Oc2ccc(C=CC(=O)O[C@H](C)CCCCCC)cc2)cc1. The molecule has 0 bridgehead atoms. The van der Waals surface area contributed by atoms with Gasteiger partial charge in [0.25, 0.3) is 0 Å². The molecule has 2 aromatic rings. The maximum absolute atomic E-state index is 12.6. The van der Waals surface area contributed by atoms with E-state index >= 15 is 0 Å². The Hall–Kier alpha value is -3.08. The number of unbranched alkanes of at least 4 members (excludes halogenated alkanes) is 16. The van der Waals surface area contributed by atoms with Gasteiger partial charge in [0.05, 0.1) is 18.3 Å². The molecule has 5 heteroatoms. The number of hydrogen-bond donors (Lipinski definition) is 0. The van der Waals surface area contributed by atoms with Crippen molar-refractivity contribution in [3.05, 3.63) is 65.7 Å². The fourth-order valence-corrected chi connectivity index (χ4v) is 5.31. The van der Waals surface area contributed by atoms with Gasteiger partial charge >= 0.3 is 11.9 Å². The summed E-state index contributed by atoms with van der Waals surface area (Å²) in [4.78, 5) is 24.7. The summed E-state index contributed by atoms with van der Waals surface area (Å²) in [6.07, 6.45) is 27.3. The number of esters is 2. The van der Waals surface area contributed by atoms with E-state index in [9.17, 15) is 9.59 Å². The Kier molecular flexibility index (Phi) is 21.3. The number of ether oxygens (including phenoxy) is 3.